The van der Waals surface area contributed by atoms with Crippen LogP contribution < -0.4 is 16.0 Å². The summed E-state index contributed by atoms with van der Waals surface area (Å²) in [7, 11) is 0. The Kier molecular flexibility index (Phi) is 8.36. The molecular formula is C23H26F6N4O2. The quantitative estimate of drug-likeness (QED) is 0.315. The SMILES string of the molecule is Nc1ccc(NCCCOCC(=O)N2CCN(c3ccc(C(F)(F)F)cc3)CC2)cc1C(F)(F)F. The molecule has 1 amide bonds. The molecule has 12 heteroatoms. The first-order valence-electron chi connectivity index (χ1n) is 10.9. The van der Waals surface area contributed by atoms with Crippen LogP contribution in [0.4, 0.5) is 43.4 Å². The zero-order valence-corrected chi connectivity index (χ0v) is 18.8. The van der Waals surface area contributed by atoms with Gasteiger partial charge < -0.3 is 25.6 Å². The van der Waals surface area contributed by atoms with Crippen LogP contribution in [0.1, 0.15) is 17.5 Å². The van der Waals surface area contributed by atoms with Gasteiger partial charge in [-0.2, -0.15) is 26.3 Å². The third-order valence-corrected chi connectivity index (χ3v) is 5.57. The minimum absolute atomic E-state index is 0.125. The van der Waals surface area contributed by atoms with E-state index in [1.807, 2.05) is 4.90 Å². The molecule has 6 nitrogen and oxygen atoms in total. The predicted molar refractivity (Wildman–Crippen MR) is 120 cm³/mol. The second-order valence-corrected chi connectivity index (χ2v) is 8.05. The number of nitrogens with one attached hydrogen (secondary N) is 1. The van der Waals surface area contributed by atoms with Crippen LogP contribution in [0.25, 0.3) is 0 Å². The summed E-state index contributed by atoms with van der Waals surface area (Å²) in [4.78, 5) is 15.9. The Hall–Kier alpha value is -3.15. The van der Waals surface area contributed by atoms with E-state index in [1.165, 1.54) is 24.3 Å². The molecule has 0 radical (unpaired) electrons. The lowest BCUT2D eigenvalue weighted by atomic mass is 10.1. The topological polar surface area (TPSA) is 70.8 Å². The molecule has 0 aromatic heterocycles. The van der Waals surface area contributed by atoms with Gasteiger partial charge in [0.05, 0.1) is 11.1 Å². The van der Waals surface area contributed by atoms with Crippen molar-refractivity contribution in [2.45, 2.75) is 18.8 Å². The van der Waals surface area contributed by atoms with E-state index in [9.17, 15) is 31.1 Å². The molecular weight excluding hydrogens is 478 g/mol. The van der Waals surface area contributed by atoms with Gasteiger partial charge in [-0.05, 0) is 48.9 Å². The van der Waals surface area contributed by atoms with Crippen LogP contribution in [0.2, 0.25) is 0 Å². The van der Waals surface area contributed by atoms with E-state index < -0.39 is 23.5 Å². The Labute approximate surface area is 198 Å². The summed E-state index contributed by atoms with van der Waals surface area (Å²) < 4.78 is 82.2. The number of alkyl halides is 6. The maximum Gasteiger partial charge on any atom is 0.418 e. The fourth-order valence-electron chi connectivity index (χ4n) is 3.64. The van der Waals surface area contributed by atoms with Crippen LogP contribution in [-0.4, -0.2) is 56.7 Å². The largest absolute Gasteiger partial charge is 0.418 e. The smallest absolute Gasteiger partial charge is 0.398 e. The number of ether oxygens (including phenoxy) is 1. The second-order valence-electron chi connectivity index (χ2n) is 8.05. The van der Waals surface area contributed by atoms with Crippen molar-refractivity contribution in [2.75, 3.05) is 61.9 Å². The summed E-state index contributed by atoms with van der Waals surface area (Å²) in [5.41, 5.74) is 4.37. The van der Waals surface area contributed by atoms with Gasteiger partial charge in [0.15, 0.2) is 0 Å². The number of nitrogens with two attached hydrogens (primary N) is 1. The minimum Gasteiger partial charge on any atom is -0.398 e. The molecule has 192 valence electrons. The van der Waals surface area contributed by atoms with Crippen LogP contribution in [0.15, 0.2) is 42.5 Å². The molecule has 0 bridgehead atoms. The summed E-state index contributed by atoms with van der Waals surface area (Å²) in [6.45, 7) is 2.28. The van der Waals surface area contributed by atoms with Gasteiger partial charge in [-0.1, -0.05) is 0 Å². The van der Waals surface area contributed by atoms with Gasteiger partial charge >= 0.3 is 12.4 Å². The Morgan fingerprint density at radius 2 is 1.60 bits per heavy atom. The average molecular weight is 504 g/mol. The summed E-state index contributed by atoms with van der Waals surface area (Å²) in [5.74, 6) is -0.196. The molecule has 1 heterocycles. The summed E-state index contributed by atoms with van der Waals surface area (Å²) in [5, 5.41) is 2.87. The molecule has 1 saturated heterocycles. The predicted octanol–water partition coefficient (Wildman–Crippen LogP) is 4.47. The van der Waals surface area contributed by atoms with Gasteiger partial charge in [0.25, 0.3) is 0 Å². The van der Waals surface area contributed by atoms with Crippen LogP contribution in [0.5, 0.6) is 0 Å². The number of piperazine rings is 1. The number of rotatable bonds is 8. The highest BCUT2D eigenvalue weighted by Crippen LogP contribution is 2.35. The minimum atomic E-state index is -4.53. The molecule has 35 heavy (non-hydrogen) atoms. The van der Waals surface area contributed by atoms with Crippen LogP contribution in [0, 0.1) is 0 Å². The normalized spacial score (nSPS) is 14.8. The first-order chi connectivity index (χ1) is 16.4. The fourth-order valence-corrected chi connectivity index (χ4v) is 3.64. The third kappa shape index (κ3) is 7.41. The van der Waals surface area contributed by atoms with Gasteiger partial charge in [0, 0.05) is 56.4 Å². The van der Waals surface area contributed by atoms with Crippen LogP contribution >= 0.6 is 0 Å². The van der Waals surface area contributed by atoms with E-state index in [4.69, 9.17) is 10.5 Å². The molecule has 3 rings (SSSR count). The Morgan fingerprint density at radius 3 is 2.20 bits per heavy atom. The monoisotopic (exact) mass is 504 g/mol. The number of carbonyl (C=O) groups is 1. The van der Waals surface area contributed by atoms with Crippen molar-refractivity contribution in [1.29, 1.82) is 0 Å². The molecule has 1 fully saturated rings. The van der Waals surface area contributed by atoms with Crippen LogP contribution in [-0.2, 0) is 21.9 Å². The molecule has 0 atom stereocenters. The summed E-state index contributed by atoms with van der Waals surface area (Å²) >= 11 is 0. The number of carbonyl (C=O) groups excluding carboxylic acids is 1. The van der Waals surface area contributed by atoms with E-state index in [0.29, 0.717) is 44.8 Å². The van der Waals surface area contributed by atoms with E-state index in [0.717, 1.165) is 18.2 Å². The number of halogens is 6. The molecule has 1 aliphatic heterocycles. The van der Waals surface area contributed by atoms with Crippen molar-refractivity contribution in [3.63, 3.8) is 0 Å². The third-order valence-electron chi connectivity index (χ3n) is 5.57. The van der Waals surface area contributed by atoms with Crippen molar-refractivity contribution >= 4 is 23.0 Å². The molecule has 1 aliphatic rings. The van der Waals surface area contributed by atoms with Crippen molar-refractivity contribution in [3.05, 3.63) is 53.6 Å². The van der Waals surface area contributed by atoms with Gasteiger partial charge in [0.1, 0.15) is 6.61 Å². The highest BCUT2D eigenvalue weighted by Gasteiger charge is 2.33. The van der Waals surface area contributed by atoms with Gasteiger partial charge in [-0.15, -0.1) is 0 Å². The first-order valence-corrected chi connectivity index (χ1v) is 10.9. The number of hydrogen-bond acceptors (Lipinski definition) is 5. The molecule has 0 unspecified atom stereocenters. The molecule has 0 saturated carbocycles. The number of nitrogens with zero attached hydrogens (tertiary/aromatic N) is 2. The van der Waals surface area contributed by atoms with E-state index in [1.54, 1.807) is 4.90 Å². The lowest BCUT2D eigenvalue weighted by molar-refractivity contribution is -0.138. The molecule has 3 N–H and O–H groups in total. The maximum absolute atomic E-state index is 12.9. The van der Waals surface area contributed by atoms with Crippen molar-refractivity contribution < 1.29 is 35.9 Å². The first kappa shape index (κ1) is 26.5. The molecule has 2 aromatic carbocycles. The number of amides is 1. The number of anilines is 3. The Morgan fingerprint density at radius 1 is 0.943 bits per heavy atom. The Balaban J connectivity index is 1.33. The lowest BCUT2D eigenvalue weighted by Crippen LogP contribution is -2.49. The standard InChI is InChI=1S/C23H26F6N4O2/c24-22(25,26)16-2-5-18(6-3-16)32-9-11-33(12-10-32)21(34)15-35-13-1-8-31-17-4-7-20(30)19(14-17)23(27,28)29/h2-7,14,31H,1,8-13,15,30H2. The van der Waals surface area contributed by atoms with E-state index in [-0.39, 0.29) is 30.5 Å². The highest BCUT2D eigenvalue weighted by molar-refractivity contribution is 5.77. The van der Waals surface area contributed by atoms with Crippen molar-refractivity contribution in [3.8, 4) is 0 Å². The number of nitrogen functional groups attached to an aromatic ring is 1. The lowest BCUT2D eigenvalue weighted by Gasteiger charge is -2.36. The maximum atomic E-state index is 12.9. The van der Waals surface area contributed by atoms with Crippen molar-refractivity contribution in [2.24, 2.45) is 0 Å². The Bertz CT molecular complexity index is 987. The zero-order chi connectivity index (χ0) is 25.6. The molecule has 0 spiro atoms. The van der Waals surface area contributed by atoms with Crippen LogP contribution in [0.3, 0.4) is 0 Å². The second kappa shape index (κ2) is 11.1. The summed E-state index contributed by atoms with van der Waals surface area (Å²) in [6.07, 6.45) is -8.44. The molecule has 2 aromatic rings. The van der Waals surface area contributed by atoms with Gasteiger partial charge in [-0.25, -0.2) is 0 Å². The van der Waals surface area contributed by atoms with Gasteiger partial charge in [0.2, 0.25) is 5.91 Å². The van der Waals surface area contributed by atoms with E-state index in [2.05, 4.69) is 5.32 Å². The number of hydrogen-bond donors (Lipinski definition) is 2. The molecule has 0 aliphatic carbocycles. The van der Waals surface area contributed by atoms with Crippen molar-refractivity contribution in [1.82, 2.24) is 4.90 Å². The highest BCUT2D eigenvalue weighted by atomic mass is 19.4. The number of benzene rings is 2. The van der Waals surface area contributed by atoms with E-state index >= 15 is 0 Å². The van der Waals surface area contributed by atoms with Gasteiger partial charge in [-0.3, -0.25) is 4.79 Å². The fraction of sp³-hybridized carbons (Fsp3) is 0.435. The summed E-state index contributed by atoms with van der Waals surface area (Å²) in [6, 6.07) is 8.52. The average Bonchev–Trinajstić information content (AvgIpc) is 2.81. The zero-order valence-electron chi connectivity index (χ0n) is 18.8.